The topological polar surface area (TPSA) is 92.2 Å². The number of carbonyl (C=O) groups is 1. The molecule has 0 saturated carbocycles. The van der Waals surface area contributed by atoms with Crippen LogP contribution in [0.2, 0.25) is 0 Å². The number of hydrogen-bond acceptors (Lipinski definition) is 4. The van der Waals surface area contributed by atoms with E-state index in [4.69, 9.17) is 10.5 Å². The Morgan fingerprint density at radius 3 is 2.75 bits per heavy atom. The Morgan fingerprint density at radius 2 is 2.00 bits per heavy atom. The van der Waals surface area contributed by atoms with E-state index < -0.39 is 0 Å². The molecule has 0 unspecified atom stereocenters. The van der Waals surface area contributed by atoms with Crippen molar-refractivity contribution in [1.82, 2.24) is 9.88 Å². The highest BCUT2D eigenvalue weighted by Crippen LogP contribution is 2.34. The SMILES string of the molecule is N#Cc1cccc(-c2cc(OC3CCN(C(N)=O)CC3)c3cnccc3c2)c1. The standard InChI is InChI=1S/C22H20N4O2/c23-13-15-2-1-3-16(10-15)18-11-17-4-7-25-14-20(17)21(12-18)28-19-5-8-26(9-6-19)22(24)27/h1-4,7,10-12,14,19H,5-6,8-9H2,(H2,24,27). The van der Waals surface area contributed by atoms with Crippen molar-refractivity contribution in [3.05, 3.63) is 60.4 Å². The number of urea groups is 1. The first-order valence-corrected chi connectivity index (χ1v) is 9.23. The van der Waals surface area contributed by atoms with Gasteiger partial charge in [-0.15, -0.1) is 0 Å². The van der Waals surface area contributed by atoms with Crippen molar-refractivity contribution in [3.8, 4) is 22.9 Å². The minimum absolute atomic E-state index is 0.0136. The Morgan fingerprint density at radius 1 is 1.18 bits per heavy atom. The van der Waals surface area contributed by atoms with Crippen LogP contribution in [-0.2, 0) is 0 Å². The summed E-state index contributed by atoms with van der Waals surface area (Å²) >= 11 is 0. The summed E-state index contributed by atoms with van der Waals surface area (Å²) in [6.45, 7) is 1.19. The monoisotopic (exact) mass is 372 g/mol. The van der Waals surface area contributed by atoms with Gasteiger partial charge in [0.25, 0.3) is 0 Å². The third-order valence-electron chi connectivity index (χ3n) is 5.09. The summed E-state index contributed by atoms with van der Waals surface area (Å²) < 4.78 is 6.33. The highest BCUT2D eigenvalue weighted by Gasteiger charge is 2.23. The van der Waals surface area contributed by atoms with Gasteiger partial charge in [-0.1, -0.05) is 12.1 Å². The number of primary amides is 1. The highest BCUT2D eigenvalue weighted by atomic mass is 16.5. The summed E-state index contributed by atoms with van der Waals surface area (Å²) in [7, 11) is 0. The zero-order chi connectivity index (χ0) is 19.5. The predicted molar refractivity (Wildman–Crippen MR) is 107 cm³/mol. The summed E-state index contributed by atoms with van der Waals surface area (Å²) in [5, 5.41) is 11.2. The van der Waals surface area contributed by atoms with E-state index >= 15 is 0 Å². The second-order valence-electron chi connectivity index (χ2n) is 6.91. The highest BCUT2D eigenvalue weighted by molar-refractivity contribution is 5.92. The molecule has 2 heterocycles. The fraction of sp³-hybridized carbons (Fsp3) is 0.227. The third-order valence-corrected chi connectivity index (χ3v) is 5.09. The van der Waals surface area contributed by atoms with E-state index in [0.29, 0.717) is 18.7 Å². The number of piperidine rings is 1. The Balaban J connectivity index is 1.67. The Kier molecular flexibility index (Phi) is 4.81. The van der Waals surface area contributed by atoms with E-state index in [1.165, 1.54) is 0 Å². The van der Waals surface area contributed by atoms with Crippen LogP contribution < -0.4 is 10.5 Å². The van der Waals surface area contributed by atoms with Gasteiger partial charge in [0.05, 0.1) is 11.6 Å². The van der Waals surface area contributed by atoms with Crippen molar-refractivity contribution < 1.29 is 9.53 Å². The molecule has 0 atom stereocenters. The number of aromatic nitrogens is 1. The van der Waals surface area contributed by atoms with Gasteiger partial charge < -0.3 is 15.4 Å². The number of hydrogen-bond donors (Lipinski definition) is 1. The van der Waals surface area contributed by atoms with Crippen molar-refractivity contribution in [1.29, 1.82) is 5.26 Å². The molecule has 1 aliphatic heterocycles. The van der Waals surface area contributed by atoms with Crippen LogP contribution in [0.3, 0.4) is 0 Å². The molecule has 2 aromatic carbocycles. The number of nitrogens with zero attached hydrogens (tertiary/aromatic N) is 3. The predicted octanol–water partition coefficient (Wildman–Crippen LogP) is 3.70. The van der Waals surface area contributed by atoms with Crippen molar-refractivity contribution in [2.75, 3.05) is 13.1 Å². The number of fused-ring (bicyclic) bond motifs is 1. The lowest BCUT2D eigenvalue weighted by atomic mass is 9.99. The first kappa shape index (κ1) is 17.8. The number of nitrogens with two attached hydrogens (primary N) is 1. The zero-order valence-corrected chi connectivity index (χ0v) is 15.3. The molecule has 2 amide bonds. The molecule has 3 aromatic rings. The van der Waals surface area contributed by atoms with E-state index in [1.807, 2.05) is 30.3 Å². The first-order chi connectivity index (χ1) is 13.6. The molecule has 1 fully saturated rings. The fourth-order valence-electron chi connectivity index (χ4n) is 3.57. The minimum Gasteiger partial charge on any atom is -0.490 e. The van der Waals surface area contributed by atoms with E-state index in [-0.39, 0.29) is 12.1 Å². The zero-order valence-electron chi connectivity index (χ0n) is 15.3. The first-order valence-electron chi connectivity index (χ1n) is 9.23. The lowest BCUT2D eigenvalue weighted by molar-refractivity contribution is 0.115. The van der Waals surface area contributed by atoms with Crippen LogP contribution in [0.1, 0.15) is 18.4 Å². The molecule has 0 radical (unpaired) electrons. The second kappa shape index (κ2) is 7.57. The van der Waals surface area contributed by atoms with Crippen LogP contribution in [0.4, 0.5) is 4.79 Å². The molecule has 28 heavy (non-hydrogen) atoms. The molecule has 6 nitrogen and oxygen atoms in total. The molecular formula is C22H20N4O2. The number of pyridine rings is 1. The van der Waals surface area contributed by atoms with Gasteiger partial charge in [0.15, 0.2) is 0 Å². The Labute approximate surface area is 163 Å². The van der Waals surface area contributed by atoms with Gasteiger partial charge in [-0.3, -0.25) is 4.98 Å². The lowest BCUT2D eigenvalue weighted by Gasteiger charge is -2.31. The van der Waals surface area contributed by atoms with Gasteiger partial charge in [-0.25, -0.2) is 4.79 Å². The van der Waals surface area contributed by atoms with Gasteiger partial charge in [-0.05, 0) is 46.8 Å². The van der Waals surface area contributed by atoms with Crippen LogP contribution in [0, 0.1) is 11.3 Å². The molecule has 0 spiro atoms. The number of benzene rings is 2. The number of ether oxygens (including phenoxy) is 1. The number of amides is 2. The number of rotatable bonds is 3. The smallest absolute Gasteiger partial charge is 0.314 e. The van der Waals surface area contributed by atoms with E-state index in [9.17, 15) is 10.1 Å². The van der Waals surface area contributed by atoms with Gasteiger partial charge in [0.2, 0.25) is 0 Å². The van der Waals surface area contributed by atoms with Crippen LogP contribution in [0.5, 0.6) is 5.75 Å². The van der Waals surface area contributed by atoms with E-state index in [0.717, 1.165) is 40.5 Å². The van der Waals surface area contributed by atoms with Crippen molar-refractivity contribution in [2.45, 2.75) is 18.9 Å². The van der Waals surface area contributed by atoms with Crippen molar-refractivity contribution in [2.24, 2.45) is 5.73 Å². The van der Waals surface area contributed by atoms with Gasteiger partial charge in [0, 0.05) is 43.7 Å². The van der Waals surface area contributed by atoms with Gasteiger partial charge in [-0.2, -0.15) is 5.26 Å². The number of nitriles is 1. The summed E-state index contributed by atoms with van der Waals surface area (Å²) in [5.41, 5.74) is 7.93. The largest absolute Gasteiger partial charge is 0.490 e. The van der Waals surface area contributed by atoms with Crippen molar-refractivity contribution >= 4 is 16.8 Å². The van der Waals surface area contributed by atoms with E-state index in [2.05, 4.69) is 17.1 Å². The molecule has 1 aromatic heterocycles. The summed E-state index contributed by atoms with van der Waals surface area (Å²) in [6, 6.07) is 15.4. The normalized spacial score (nSPS) is 14.6. The number of likely N-dealkylation sites (tertiary alicyclic amines) is 1. The second-order valence-corrected chi connectivity index (χ2v) is 6.91. The van der Waals surface area contributed by atoms with Gasteiger partial charge >= 0.3 is 6.03 Å². The maximum atomic E-state index is 11.3. The van der Waals surface area contributed by atoms with Crippen LogP contribution in [-0.4, -0.2) is 35.1 Å². The summed E-state index contributed by atoms with van der Waals surface area (Å²) in [4.78, 5) is 17.2. The van der Waals surface area contributed by atoms with E-state index in [1.54, 1.807) is 23.4 Å². The fourth-order valence-corrected chi connectivity index (χ4v) is 3.57. The van der Waals surface area contributed by atoms with Crippen molar-refractivity contribution in [3.63, 3.8) is 0 Å². The van der Waals surface area contributed by atoms with Crippen LogP contribution in [0.25, 0.3) is 21.9 Å². The summed E-state index contributed by atoms with van der Waals surface area (Å²) in [5.74, 6) is 0.764. The van der Waals surface area contributed by atoms with Crippen LogP contribution in [0.15, 0.2) is 54.9 Å². The molecule has 6 heteroatoms. The molecule has 0 aliphatic carbocycles. The molecule has 2 N–H and O–H groups in total. The third kappa shape index (κ3) is 3.60. The summed E-state index contributed by atoms with van der Waals surface area (Å²) in [6.07, 6.45) is 5.04. The Hall–Kier alpha value is -3.59. The maximum Gasteiger partial charge on any atom is 0.314 e. The average molecular weight is 372 g/mol. The molecule has 1 saturated heterocycles. The van der Waals surface area contributed by atoms with Crippen LogP contribution >= 0.6 is 0 Å². The molecule has 0 bridgehead atoms. The number of carbonyl (C=O) groups excluding carboxylic acids is 1. The lowest BCUT2D eigenvalue weighted by Crippen LogP contribution is -2.44. The molecule has 140 valence electrons. The quantitative estimate of drug-likeness (QED) is 0.759. The minimum atomic E-state index is -0.382. The molecular weight excluding hydrogens is 352 g/mol. The average Bonchev–Trinajstić information content (AvgIpc) is 2.74. The Bertz CT molecular complexity index is 1070. The molecule has 1 aliphatic rings. The molecule has 4 rings (SSSR count). The van der Waals surface area contributed by atoms with Gasteiger partial charge in [0.1, 0.15) is 11.9 Å². The maximum absolute atomic E-state index is 11.3.